The highest BCUT2D eigenvalue weighted by Crippen LogP contribution is 2.28. The molecule has 38 heavy (non-hydrogen) atoms. The van der Waals surface area contributed by atoms with Gasteiger partial charge in [0, 0.05) is 12.2 Å². The van der Waals surface area contributed by atoms with Crippen molar-refractivity contribution >= 4 is 34.4 Å². The minimum atomic E-state index is -1.33. The molecule has 0 aliphatic rings. The first-order chi connectivity index (χ1) is 18.0. The molecule has 0 aliphatic carbocycles. The molecule has 0 heterocycles. The maximum Gasteiger partial charge on any atom is 0.408 e. The predicted molar refractivity (Wildman–Crippen MR) is 149 cm³/mol. The number of nitrogens with one attached hydrogen (secondary N) is 2. The number of amides is 3. The van der Waals surface area contributed by atoms with E-state index in [1.165, 1.54) is 11.0 Å². The van der Waals surface area contributed by atoms with Gasteiger partial charge in [-0.1, -0.05) is 60.7 Å². The Morgan fingerprint density at radius 2 is 1.68 bits per heavy atom. The number of anilines is 1. The summed E-state index contributed by atoms with van der Waals surface area (Å²) >= 11 is 0. The fourth-order valence-corrected chi connectivity index (χ4v) is 4.12. The first-order valence-electron chi connectivity index (χ1n) is 12.4. The normalized spacial score (nSPS) is 12.8. The van der Waals surface area contributed by atoms with E-state index >= 15 is 0 Å². The predicted octanol–water partition coefficient (Wildman–Crippen LogP) is 4.73. The van der Waals surface area contributed by atoms with Crippen LogP contribution in [-0.2, 0) is 14.3 Å². The number of benzene rings is 3. The molecule has 0 bridgehead atoms. The van der Waals surface area contributed by atoms with Gasteiger partial charge < -0.3 is 25.4 Å². The molecule has 0 aliphatic heterocycles. The monoisotopic (exact) mass is 517 g/mol. The molecule has 2 atom stereocenters. The molecule has 8 heteroatoms. The van der Waals surface area contributed by atoms with Gasteiger partial charge in [-0.2, -0.15) is 0 Å². The summed E-state index contributed by atoms with van der Waals surface area (Å²) in [5.41, 5.74) is 1.18. The van der Waals surface area contributed by atoms with Crippen LogP contribution >= 0.6 is 0 Å². The maximum absolute atomic E-state index is 13.8. The highest BCUT2D eigenvalue weighted by Gasteiger charge is 2.36. The summed E-state index contributed by atoms with van der Waals surface area (Å²) < 4.78 is 5.25. The van der Waals surface area contributed by atoms with Gasteiger partial charge in [0.05, 0.1) is 6.61 Å². The average Bonchev–Trinajstić information content (AvgIpc) is 2.86. The number of hydrogen-bond acceptors (Lipinski definition) is 5. The molecular weight excluding hydrogens is 482 g/mol. The van der Waals surface area contributed by atoms with Crippen LogP contribution in [0.5, 0.6) is 0 Å². The number of aliphatic hydroxyl groups excluding tert-OH is 1. The molecule has 8 nitrogen and oxygen atoms in total. The standard InChI is InChI=1S/C30H35N3O5/c1-6-17-33(28(36)25(19-34)32-29(37)38-30(3,4)5)26(24-14-10-7-11-20(24)2)27(35)31-23-16-15-21-12-8-9-13-22(21)18-23/h6-16,18,25-26,34H,1,17,19H2,2-5H3,(H,31,35)(H,32,37). The third-order valence-electron chi connectivity index (χ3n) is 5.84. The van der Waals surface area contributed by atoms with Gasteiger partial charge >= 0.3 is 6.09 Å². The van der Waals surface area contributed by atoms with Gasteiger partial charge in [0.1, 0.15) is 17.7 Å². The van der Waals surface area contributed by atoms with Crippen LogP contribution in [-0.4, -0.2) is 52.7 Å². The Kier molecular flexibility index (Phi) is 9.25. The SMILES string of the molecule is C=CCN(C(=O)C(CO)NC(=O)OC(C)(C)C)C(C(=O)Nc1ccc2ccccc2c1)c1ccccc1C. The van der Waals surface area contributed by atoms with Gasteiger partial charge in [0.2, 0.25) is 5.91 Å². The van der Waals surface area contributed by atoms with E-state index in [9.17, 15) is 19.5 Å². The Balaban J connectivity index is 1.97. The van der Waals surface area contributed by atoms with Crippen molar-refractivity contribution in [1.82, 2.24) is 10.2 Å². The first kappa shape index (κ1) is 28.4. The highest BCUT2D eigenvalue weighted by atomic mass is 16.6. The van der Waals surface area contributed by atoms with Crippen LogP contribution in [0.3, 0.4) is 0 Å². The van der Waals surface area contributed by atoms with Crippen LogP contribution < -0.4 is 10.6 Å². The van der Waals surface area contributed by atoms with E-state index in [4.69, 9.17) is 4.74 Å². The molecule has 3 aromatic rings. The number of alkyl carbamates (subject to hydrolysis) is 1. The third kappa shape index (κ3) is 7.20. The Labute approximate surface area is 223 Å². The summed E-state index contributed by atoms with van der Waals surface area (Å²) in [6, 6.07) is 18.2. The first-order valence-corrected chi connectivity index (χ1v) is 12.4. The molecule has 3 rings (SSSR count). The lowest BCUT2D eigenvalue weighted by molar-refractivity contribution is -0.140. The number of carbonyl (C=O) groups is 3. The molecule has 200 valence electrons. The smallest absolute Gasteiger partial charge is 0.408 e. The zero-order valence-electron chi connectivity index (χ0n) is 22.2. The van der Waals surface area contributed by atoms with E-state index in [0.29, 0.717) is 11.3 Å². The summed E-state index contributed by atoms with van der Waals surface area (Å²) in [7, 11) is 0. The second-order valence-corrected chi connectivity index (χ2v) is 9.97. The number of aliphatic hydroxyl groups is 1. The summed E-state index contributed by atoms with van der Waals surface area (Å²) in [4.78, 5) is 41.2. The van der Waals surface area contributed by atoms with Gasteiger partial charge in [0.25, 0.3) is 5.91 Å². The van der Waals surface area contributed by atoms with Crippen molar-refractivity contribution in [2.24, 2.45) is 0 Å². The van der Waals surface area contributed by atoms with Gasteiger partial charge in [-0.15, -0.1) is 6.58 Å². The lowest BCUT2D eigenvalue weighted by Crippen LogP contribution is -2.54. The zero-order valence-corrected chi connectivity index (χ0v) is 22.2. The molecule has 0 spiro atoms. The fourth-order valence-electron chi connectivity index (χ4n) is 4.12. The zero-order chi connectivity index (χ0) is 27.9. The molecule has 0 saturated heterocycles. The molecule has 3 amide bonds. The van der Waals surface area contributed by atoms with Crippen LogP contribution in [0.2, 0.25) is 0 Å². The molecule has 0 radical (unpaired) electrons. The Bertz CT molecular complexity index is 1310. The van der Waals surface area contributed by atoms with Gasteiger partial charge in [0.15, 0.2) is 0 Å². The lowest BCUT2D eigenvalue weighted by atomic mass is 9.98. The second kappa shape index (κ2) is 12.4. The van der Waals surface area contributed by atoms with Crippen LogP contribution in [0.4, 0.5) is 10.5 Å². The number of carbonyl (C=O) groups excluding carboxylic acids is 3. The number of hydrogen-bond donors (Lipinski definition) is 3. The number of nitrogens with zero attached hydrogens (tertiary/aromatic N) is 1. The minimum Gasteiger partial charge on any atom is -0.444 e. The average molecular weight is 518 g/mol. The van der Waals surface area contributed by atoms with E-state index < -0.39 is 42.2 Å². The van der Waals surface area contributed by atoms with Crippen molar-refractivity contribution < 1.29 is 24.2 Å². The fraction of sp³-hybridized carbons (Fsp3) is 0.300. The lowest BCUT2D eigenvalue weighted by Gasteiger charge is -2.34. The van der Waals surface area contributed by atoms with E-state index in [1.807, 2.05) is 55.5 Å². The van der Waals surface area contributed by atoms with Gasteiger partial charge in [-0.05, 0) is 61.7 Å². The summed E-state index contributed by atoms with van der Waals surface area (Å²) in [6.45, 7) is 10.00. The van der Waals surface area contributed by atoms with Crippen LogP contribution in [0.25, 0.3) is 10.8 Å². The van der Waals surface area contributed by atoms with Crippen LogP contribution in [0.15, 0.2) is 79.4 Å². The van der Waals surface area contributed by atoms with Crippen molar-refractivity contribution in [3.8, 4) is 0 Å². The number of aryl methyl sites for hydroxylation is 1. The van der Waals surface area contributed by atoms with Crippen molar-refractivity contribution in [2.75, 3.05) is 18.5 Å². The van der Waals surface area contributed by atoms with E-state index in [0.717, 1.165) is 16.3 Å². The highest BCUT2D eigenvalue weighted by molar-refractivity contribution is 6.00. The van der Waals surface area contributed by atoms with Crippen molar-refractivity contribution in [1.29, 1.82) is 0 Å². The maximum atomic E-state index is 13.8. The van der Waals surface area contributed by atoms with Gasteiger partial charge in [-0.25, -0.2) is 4.79 Å². The van der Waals surface area contributed by atoms with Crippen molar-refractivity contribution in [3.63, 3.8) is 0 Å². The van der Waals surface area contributed by atoms with E-state index in [1.54, 1.807) is 39.0 Å². The second-order valence-electron chi connectivity index (χ2n) is 9.97. The molecule has 0 aromatic heterocycles. The van der Waals surface area contributed by atoms with Crippen molar-refractivity contribution in [3.05, 3.63) is 90.5 Å². The van der Waals surface area contributed by atoms with Crippen LogP contribution in [0, 0.1) is 6.92 Å². The Morgan fingerprint density at radius 3 is 2.32 bits per heavy atom. The topological polar surface area (TPSA) is 108 Å². The number of fused-ring (bicyclic) bond motifs is 1. The molecule has 2 unspecified atom stereocenters. The molecule has 3 N–H and O–H groups in total. The Hall–Kier alpha value is -4.17. The molecular formula is C30H35N3O5. The van der Waals surface area contributed by atoms with Crippen LogP contribution in [0.1, 0.15) is 37.9 Å². The molecule has 0 fully saturated rings. The Morgan fingerprint density at radius 1 is 1.03 bits per heavy atom. The largest absolute Gasteiger partial charge is 0.444 e. The quantitative estimate of drug-likeness (QED) is 0.356. The van der Waals surface area contributed by atoms with Gasteiger partial charge in [-0.3, -0.25) is 9.59 Å². The van der Waals surface area contributed by atoms with Crippen molar-refractivity contribution in [2.45, 2.75) is 45.4 Å². The molecule has 3 aromatic carbocycles. The van der Waals surface area contributed by atoms with E-state index in [-0.39, 0.29) is 6.54 Å². The summed E-state index contributed by atoms with van der Waals surface area (Å²) in [5.74, 6) is -1.10. The number of ether oxygens (including phenoxy) is 1. The van der Waals surface area contributed by atoms with E-state index in [2.05, 4.69) is 17.2 Å². The number of rotatable bonds is 9. The third-order valence-corrected chi connectivity index (χ3v) is 5.84. The molecule has 0 saturated carbocycles. The minimum absolute atomic E-state index is 0.00449. The summed E-state index contributed by atoms with van der Waals surface area (Å²) in [6.07, 6.45) is 0.644. The summed E-state index contributed by atoms with van der Waals surface area (Å²) in [5, 5.41) is 17.3.